The summed E-state index contributed by atoms with van der Waals surface area (Å²) in [6, 6.07) is 0. The van der Waals surface area contributed by atoms with Crippen LogP contribution in [0.5, 0.6) is 0 Å². The van der Waals surface area contributed by atoms with E-state index in [9.17, 15) is 4.79 Å². The van der Waals surface area contributed by atoms with Gasteiger partial charge in [0.15, 0.2) is 0 Å². The number of carbonyl (C=O) groups is 1. The molecule has 1 amide bonds. The normalized spacial score (nSPS) is 16.5. The highest BCUT2D eigenvalue weighted by Gasteiger charge is 2.26. The maximum Gasteiger partial charge on any atom is 0.415 e. The largest absolute Gasteiger partial charge is 0.464 e. The Kier molecular flexibility index (Phi) is 2.74. The minimum atomic E-state index is -0.993. The molecule has 1 rings (SSSR count). The van der Waals surface area contributed by atoms with Gasteiger partial charge in [-0.05, 0) is 6.08 Å². The van der Waals surface area contributed by atoms with Crippen molar-refractivity contribution < 1.29 is 9.90 Å². The third kappa shape index (κ3) is 2.22. The van der Waals surface area contributed by atoms with Crippen molar-refractivity contribution in [3.8, 4) is 0 Å². The van der Waals surface area contributed by atoms with Crippen molar-refractivity contribution in [2.24, 2.45) is 10.4 Å². The standard InChI is InChI=1S/C10H14N2O2/c1-10(2,3)8-7-11-5-4-6-12(8)9(13)14/h4-7H,1-3H3,(H,13,14). The van der Waals surface area contributed by atoms with Gasteiger partial charge in [-0.2, -0.15) is 0 Å². The van der Waals surface area contributed by atoms with Crippen molar-refractivity contribution in [1.82, 2.24) is 4.90 Å². The maximum atomic E-state index is 10.9. The zero-order valence-corrected chi connectivity index (χ0v) is 8.56. The van der Waals surface area contributed by atoms with Gasteiger partial charge in [-0.3, -0.25) is 9.89 Å². The van der Waals surface area contributed by atoms with Crippen LogP contribution < -0.4 is 0 Å². The Labute approximate surface area is 83.2 Å². The molecular weight excluding hydrogens is 180 g/mol. The van der Waals surface area contributed by atoms with E-state index in [2.05, 4.69) is 4.99 Å². The van der Waals surface area contributed by atoms with Crippen LogP contribution >= 0.6 is 0 Å². The van der Waals surface area contributed by atoms with Crippen LogP contribution in [-0.2, 0) is 0 Å². The van der Waals surface area contributed by atoms with Crippen LogP contribution in [0.25, 0.3) is 0 Å². The molecular formula is C10H14N2O2. The molecule has 4 nitrogen and oxygen atoms in total. The number of carboxylic acid groups (broad SMARTS) is 1. The van der Waals surface area contributed by atoms with Crippen LogP contribution in [0.1, 0.15) is 20.8 Å². The van der Waals surface area contributed by atoms with Gasteiger partial charge in [0.1, 0.15) is 0 Å². The molecule has 0 unspecified atom stereocenters. The first-order chi connectivity index (χ1) is 6.43. The van der Waals surface area contributed by atoms with Gasteiger partial charge < -0.3 is 5.11 Å². The summed E-state index contributed by atoms with van der Waals surface area (Å²) in [5.74, 6) is 0. The predicted octanol–water partition coefficient (Wildman–Crippen LogP) is 2.45. The minimum absolute atomic E-state index is 0.246. The molecule has 1 aliphatic heterocycles. The summed E-state index contributed by atoms with van der Waals surface area (Å²) < 4.78 is 0. The molecule has 1 heterocycles. The zero-order valence-electron chi connectivity index (χ0n) is 8.56. The second kappa shape index (κ2) is 3.65. The highest BCUT2D eigenvalue weighted by atomic mass is 16.4. The van der Waals surface area contributed by atoms with Crippen LogP contribution in [0.4, 0.5) is 4.79 Å². The molecule has 0 aromatic heterocycles. The lowest BCUT2D eigenvalue weighted by Gasteiger charge is -2.28. The molecule has 0 bridgehead atoms. The van der Waals surface area contributed by atoms with Gasteiger partial charge in [0.05, 0.1) is 5.70 Å². The van der Waals surface area contributed by atoms with Crippen LogP contribution in [0.15, 0.2) is 29.2 Å². The molecule has 0 aliphatic carbocycles. The first-order valence-corrected chi connectivity index (χ1v) is 4.35. The van der Waals surface area contributed by atoms with Gasteiger partial charge in [-0.25, -0.2) is 4.79 Å². The Bertz CT molecular complexity index is 322. The molecule has 0 spiro atoms. The number of allylic oxidation sites excluding steroid dienone is 2. The van der Waals surface area contributed by atoms with Crippen LogP contribution in [0, 0.1) is 5.41 Å². The fraction of sp³-hybridized carbons (Fsp3) is 0.400. The third-order valence-electron chi connectivity index (χ3n) is 1.84. The summed E-state index contributed by atoms with van der Waals surface area (Å²) in [4.78, 5) is 16.1. The van der Waals surface area contributed by atoms with Crippen molar-refractivity contribution in [3.63, 3.8) is 0 Å². The molecule has 4 heteroatoms. The number of aliphatic imine (C=N–C) groups is 1. The molecule has 14 heavy (non-hydrogen) atoms. The Morgan fingerprint density at radius 1 is 1.50 bits per heavy atom. The van der Waals surface area contributed by atoms with Gasteiger partial charge in [-0.15, -0.1) is 0 Å². The highest BCUT2D eigenvalue weighted by molar-refractivity contribution is 5.76. The van der Waals surface area contributed by atoms with Crippen LogP contribution in [-0.4, -0.2) is 22.3 Å². The van der Waals surface area contributed by atoms with E-state index in [0.29, 0.717) is 5.70 Å². The van der Waals surface area contributed by atoms with Crippen LogP contribution in [0.2, 0.25) is 0 Å². The van der Waals surface area contributed by atoms with Crippen molar-refractivity contribution in [3.05, 3.63) is 24.2 Å². The lowest BCUT2D eigenvalue weighted by Crippen LogP contribution is -2.30. The smallest absolute Gasteiger partial charge is 0.415 e. The van der Waals surface area contributed by atoms with E-state index in [-0.39, 0.29) is 5.41 Å². The quantitative estimate of drug-likeness (QED) is 0.644. The fourth-order valence-corrected chi connectivity index (χ4v) is 1.15. The summed E-state index contributed by atoms with van der Waals surface area (Å²) in [6.45, 7) is 5.84. The maximum absolute atomic E-state index is 10.9. The van der Waals surface area contributed by atoms with Gasteiger partial charge in [0.25, 0.3) is 0 Å². The van der Waals surface area contributed by atoms with E-state index < -0.39 is 6.09 Å². The number of hydrogen-bond acceptors (Lipinski definition) is 2. The van der Waals surface area contributed by atoms with Crippen molar-refractivity contribution in [2.45, 2.75) is 20.8 Å². The van der Waals surface area contributed by atoms with Crippen molar-refractivity contribution in [2.75, 3.05) is 0 Å². The van der Waals surface area contributed by atoms with Crippen molar-refractivity contribution >= 4 is 12.3 Å². The summed E-state index contributed by atoms with van der Waals surface area (Å²) >= 11 is 0. The van der Waals surface area contributed by atoms with E-state index in [1.165, 1.54) is 11.1 Å². The molecule has 0 fully saturated rings. The third-order valence-corrected chi connectivity index (χ3v) is 1.84. The Balaban J connectivity index is 3.10. The summed E-state index contributed by atoms with van der Waals surface area (Å²) in [5, 5.41) is 8.98. The molecule has 0 aromatic rings. The fourth-order valence-electron chi connectivity index (χ4n) is 1.15. The Hall–Kier alpha value is -1.58. The van der Waals surface area contributed by atoms with Gasteiger partial charge in [0, 0.05) is 24.0 Å². The number of amides is 1. The zero-order chi connectivity index (χ0) is 10.8. The molecule has 0 atom stereocenters. The lowest BCUT2D eigenvalue weighted by atomic mass is 9.91. The topological polar surface area (TPSA) is 52.9 Å². The summed E-state index contributed by atoms with van der Waals surface area (Å²) in [5.41, 5.74) is 0.416. The van der Waals surface area contributed by atoms with E-state index >= 15 is 0 Å². The minimum Gasteiger partial charge on any atom is -0.464 e. The number of rotatable bonds is 0. The molecule has 0 saturated carbocycles. The van der Waals surface area contributed by atoms with E-state index in [4.69, 9.17) is 5.11 Å². The molecule has 0 saturated heterocycles. The molecule has 0 aromatic carbocycles. The highest BCUT2D eigenvalue weighted by Crippen LogP contribution is 2.29. The molecule has 1 N–H and O–H groups in total. The number of nitrogens with zero attached hydrogens (tertiary/aromatic N) is 2. The van der Waals surface area contributed by atoms with E-state index in [0.717, 1.165) is 0 Å². The molecule has 0 radical (unpaired) electrons. The molecule has 1 aliphatic rings. The van der Waals surface area contributed by atoms with E-state index in [1.807, 2.05) is 20.8 Å². The van der Waals surface area contributed by atoms with Gasteiger partial charge in [0.2, 0.25) is 0 Å². The Morgan fingerprint density at radius 3 is 2.64 bits per heavy atom. The number of hydrogen-bond donors (Lipinski definition) is 1. The Morgan fingerprint density at radius 2 is 2.14 bits per heavy atom. The predicted molar refractivity (Wildman–Crippen MR) is 55.0 cm³/mol. The molecule has 76 valence electrons. The van der Waals surface area contributed by atoms with Crippen molar-refractivity contribution in [1.29, 1.82) is 0 Å². The van der Waals surface area contributed by atoms with Gasteiger partial charge >= 0.3 is 6.09 Å². The average Bonchev–Trinajstić information content (AvgIpc) is 2.26. The second-order valence-electron chi connectivity index (χ2n) is 4.06. The van der Waals surface area contributed by atoms with E-state index in [1.54, 1.807) is 18.5 Å². The SMILES string of the molecule is CC(C)(C)C1=CN=CC=CN1C(=O)O. The first kappa shape index (κ1) is 10.5. The lowest BCUT2D eigenvalue weighted by molar-refractivity contribution is 0.165. The van der Waals surface area contributed by atoms with Gasteiger partial charge in [-0.1, -0.05) is 20.8 Å². The summed E-state index contributed by atoms with van der Waals surface area (Å²) in [7, 11) is 0. The average molecular weight is 194 g/mol. The summed E-state index contributed by atoms with van der Waals surface area (Å²) in [6.07, 6.45) is 5.25. The second-order valence-corrected chi connectivity index (χ2v) is 4.06. The monoisotopic (exact) mass is 194 g/mol. The first-order valence-electron chi connectivity index (χ1n) is 4.35. The van der Waals surface area contributed by atoms with Crippen LogP contribution in [0.3, 0.4) is 0 Å².